The van der Waals surface area contributed by atoms with Crippen LogP contribution in [0.5, 0.6) is 0 Å². The molecule has 0 atom stereocenters. The minimum Gasteiger partial charge on any atom is -0.474 e. The number of carbonyl (C=O) groups is 1. The topological polar surface area (TPSA) is 63.3 Å². The summed E-state index contributed by atoms with van der Waals surface area (Å²) >= 11 is 4.99. The number of carboxylic acid groups (broad SMARTS) is 1. The Morgan fingerprint density at radius 1 is 1.54 bits per heavy atom. The van der Waals surface area contributed by atoms with Gasteiger partial charge in [0.2, 0.25) is 5.76 Å². The van der Waals surface area contributed by atoms with Gasteiger partial charge >= 0.3 is 18.0 Å². The molecule has 1 aromatic heterocycles. The molecule has 1 heterocycles. The number of rotatable bonds is 1. The number of halogens is 4. The number of alkyl halides is 3. The number of nitrogens with zero attached hydrogens (tertiary/aromatic N) is 1. The molecule has 0 aliphatic heterocycles. The van der Waals surface area contributed by atoms with E-state index in [4.69, 9.17) is 16.7 Å². The second kappa shape index (κ2) is 2.91. The van der Waals surface area contributed by atoms with Crippen LogP contribution < -0.4 is 0 Å². The van der Waals surface area contributed by atoms with Crippen LogP contribution in [-0.4, -0.2) is 16.1 Å². The standard InChI is InChI=1S/C5HClF3NO3/c6-2-1(5(7,8)9)13-3(10-2)4(11)12/h(H,11,12). The van der Waals surface area contributed by atoms with Crippen LogP contribution in [0.3, 0.4) is 0 Å². The third-order valence-corrected chi connectivity index (χ3v) is 1.28. The van der Waals surface area contributed by atoms with Gasteiger partial charge in [0.25, 0.3) is 0 Å². The summed E-state index contributed by atoms with van der Waals surface area (Å²) in [6.07, 6.45) is -4.84. The maximum Gasteiger partial charge on any atom is 0.452 e. The molecule has 0 aromatic carbocycles. The van der Waals surface area contributed by atoms with Crippen LogP contribution in [0.25, 0.3) is 0 Å². The van der Waals surface area contributed by atoms with Crippen molar-refractivity contribution in [2.24, 2.45) is 0 Å². The highest BCUT2D eigenvalue weighted by molar-refractivity contribution is 6.30. The largest absolute Gasteiger partial charge is 0.474 e. The van der Waals surface area contributed by atoms with Crippen LogP contribution in [0.4, 0.5) is 13.2 Å². The molecule has 13 heavy (non-hydrogen) atoms. The van der Waals surface area contributed by atoms with Gasteiger partial charge in [-0.15, -0.1) is 0 Å². The van der Waals surface area contributed by atoms with Gasteiger partial charge in [0.1, 0.15) is 0 Å². The van der Waals surface area contributed by atoms with E-state index < -0.39 is 28.9 Å². The van der Waals surface area contributed by atoms with Crippen LogP contribution in [0.1, 0.15) is 16.4 Å². The fourth-order valence-corrected chi connectivity index (χ4v) is 0.790. The highest BCUT2D eigenvalue weighted by Gasteiger charge is 2.40. The Kier molecular flexibility index (Phi) is 2.21. The number of hydrogen-bond acceptors (Lipinski definition) is 3. The molecule has 0 radical (unpaired) electrons. The zero-order chi connectivity index (χ0) is 10.2. The SMILES string of the molecule is O=C(O)c1nc(Cl)c(C(F)(F)F)o1. The number of carboxylic acids is 1. The molecule has 0 saturated carbocycles. The Morgan fingerprint density at radius 2 is 2.08 bits per heavy atom. The molecule has 4 nitrogen and oxygen atoms in total. The summed E-state index contributed by atoms with van der Waals surface area (Å²) < 4.78 is 39.6. The molecule has 0 aliphatic rings. The van der Waals surface area contributed by atoms with Crippen molar-refractivity contribution in [1.29, 1.82) is 0 Å². The lowest BCUT2D eigenvalue weighted by atomic mass is 10.5. The monoisotopic (exact) mass is 215 g/mol. The van der Waals surface area contributed by atoms with Crippen LogP contribution in [-0.2, 0) is 6.18 Å². The van der Waals surface area contributed by atoms with E-state index in [1.54, 1.807) is 0 Å². The van der Waals surface area contributed by atoms with Gasteiger partial charge in [0.05, 0.1) is 0 Å². The van der Waals surface area contributed by atoms with Gasteiger partial charge < -0.3 is 9.52 Å². The predicted molar refractivity (Wildman–Crippen MR) is 33.5 cm³/mol. The lowest BCUT2D eigenvalue weighted by Crippen LogP contribution is -2.03. The number of oxazole rings is 1. The third-order valence-electron chi connectivity index (χ3n) is 1.03. The normalized spacial score (nSPS) is 11.7. The van der Waals surface area contributed by atoms with Gasteiger partial charge in [-0.25, -0.2) is 4.79 Å². The summed E-state index contributed by atoms with van der Waals surface area (Å²) in [5, 5.41) is 7.20. The highest BCUT2D eigenvalue weighted by atomic mass is 35.5. The second-order valence-corrected chi connectivity index (χ2v) is 2.30. The quantitative estimate of drug-likeness (QED) is 0.779. The van der Waals surface area contributed by atoms with Gasteiger partial charge in [0, 0.05) is 0 Å². The van der Waals surface area contributed by atoms with Crippen LogP contribution >= 0.6 is 11.6 Å². The zero-order valence-electron chi connectivity index (χ0n) is 5.72. The second-order valence-electron chi connectivity index (χ2n) is 1.94. The molecule has 8 heteroatoms. The molecular weight excluding hydrogens is 215 g/mol. The summed E-state index contributed by atoms with van der Waals surface area (Å²) in [4.78, 5) is 13.0. The van der Waals surface area contributed by atoms with E-state index >= 15 is 0 Å². The molecule has 1 rings (SSSR count). The minimum atomic E-state index is -4.84. The maximum atomic E-state index is 11.9. The molecule has 0 bridgehead atoms. The van der Waals surface area contributed by atoms with E-state index in [1.165, 1.54) is 0 Å². The van der Waals surface area contributed by atoms with Gasteiger partial charge in [-0.05, 0) is 0 Å². The van der Waals surface area contributed by atoms with Crippen LogP contribution in [0.2, 0.25) is 5.15 Å². The van der Waals surface area contributed by atoms with E-state index in [9.17, 15) is 18.0 Å². The summed E-state index contributed by atoms with van der Waals surface area (Å²) in [6.45, 7) is 0. The first-order valence-corrected chi connectivity index (χ1v) is 3.17. The summed E-state index contributed by atoms with van der Waals surface area (Å²) in [5.74, 6) is -4.40. The predicted octanol–water partition coefficient (Wildman–Crippen LogP) is 2.04. The summed E-state index contributed by atoms with van der Waals surface area (Å²) in [6, 6.07) is 0. The van der Waals surface area contributed by atoms with E-state index in [1.807, 2.05) is 0 Å². The molecule has 0 fully saturated rings. The van der Waals surface area contributed by atoms with Gasteiger partial charge in [-0.1, -0.05) is 11.6 Å². The van der Waals surface area contributed by atoms with Crippen LogP contribution in [0, 0.1) is 0 Å². The maximum absolute atomic E-state index is 11.9. The third kappa shape index (κ3) is 1.92. The molecular formula is C5HClF3NO3. The Balaban J connectivity index is 3.18. The smallest absolute Gasteiger partial charge is 0.452 e. The summed E-state index contributed by atoms with van der Waals surface area (Å²) in [5.41, 5.74) is 0. The highest BCUT2D eigenvalue weighted by Crippen LogP contribution is 2.34. The van der Waals surface area contributed by atoms with E-state index in [-0.39, 0.29) is 0 Å². The summed E-state index contributed by atoms with van der Waals surface area (Å²) in [7, 11) is 0. The zero-order valence-corrected chi connectivity index (χ0v) is 6.48. The van der Waals surface area contributed by atoms with Gasteiger partial charge in [0.15, 0.2) is 5.15 Å². The molecule has 1 aromatic rings. The molecule has 0 aliphatic carbocycles. The molecule has 0 spiro atoms. The van der Waals surface area contributed by atoms with Crippen molar-refractivity contribution in [3.05, 3.63) is 16.8 Å². The Hall–Kier alpha value is -1.24. The molecule has 0 unspecified atom stereocenters. The fourth-order valence-electron chi connectivity index (χ4n) is 0.568. The molecule has 1 N–H and O–H groups in total. The van der Waals surface area contributed by atoms with Crippen molar-refractivity contribution in [2.45, 2.75) is 6.18 Å². The van der Waals surface area contributed by atoms with Crippen molar-refractivity contribution in [3.63, 3.8) is 0 Å². The first-order valence-electron chi connectivity index (χ1n) is 2.79. The lowest BCUT2D eigenvalue weighted by Gasteiger charge is -1.99. The first kappa shape index (κ1) is 9.85. The molecule has 0 amide bonds. The van der Waals surface area contributed by atoms with Gasteiger partial charge in [-0.3, -0.25) is 0 Å². The number of aromatic carboxylic acids is 1. The van der Waals surface area contributed by atoms with Crippen molar-refractivity contribution in [3.8, 4) is 0 Å². The Bertz CT molecular complexity index is 345. The van der Waals surface area contributed by atoms with Crippen molar-refractivity contribution in [2.75, 3.05) is 0 Å². The Labute approximate surface area is 73.9 Å². The Morgan fingerprint density at radius 3 is 2.31 bits per heavy atom. The van der Waals surface area contributed by atoms with Crippen molar-refractivity contribution in [1.82, 2.24) is 4.98 Å². The van der Waals surface area contributed by atoms with Crippen LogP contribution in [0.15, 0.2) is 4.42 Å². The molecule has 72 valence electrons. The van der Waals surface area contributed by atoms with Crippen molar-refractivity contribution >= 4 is 17.6 Å². The fraction of sp³-hybridized carbons (Fsp3) is 0.200. The average Bonchev–Trinajstić information content (AvgIpc) is 2.29. The van der Waals surface area contributed by atoms with E-state index in [0.717, 1.165) is 0 Å². The minimum absolute atomic E-state index is 1.01. The average molecular weight is 216 g/mol. The number of aromatic nitrogens is 1. The lowest BCUT2D eigenvalue weighted by molar-refractivity contribution is -0.153. The number of hydrogen-bond donors (Lipinski definition) is 1. The van der Waals surface area contributed by atoms with E-state index in [2.05, 4.69) is 9.40 Å². The van der Waals surface area contributed by atoms with Crippen molar-refractivity contribution < 1.29 is 27.5 Å². The van der Waals surface area contributed by atoms with E-state index in [0.29, 0.717) is 0 Å². The van der Waals surface area contributed by atoms with Gasteiger partial charge in [-0.2, -0.15) is 18.2 Å². The first-order chi connectivity index (χ1) is 5.82. The molecule has 0 saturated heterocycles.